The van der Waals surface area contributed by atoms with Crippen LogP contribution in [-0.4, -0.2) is 26.9 Å². The predicted molar refractivity (Wildman–Crippen MR) is 62.2 cm³/mol. The summed E-state index contributed by atoms with van der Waals surface area (Å²) < 4.78 is 6.82. The van der Waals surface area contributed by atoms with Crippen LogP contribution in [-0.2, 0) is 4.74 Å². The summed E-state index contributed by atoms with van der Waals surface area (Å²) in [6.45, 7) is 1.45. The monoisotopic (exact) mass is 250 g/mol. The molecule has 2 rings (SSSR count). The van der Waals surface area contributed by atoms with Crippen molar-refractivity contribution in [3.05, 3.63) is 22.7 Å². The van der Waals surface area contributed by atoms with E-state index in [1.165, 1.54) is 16.8 Å². The number of nitrogens with zero attached hydrogens (tertiary/aromatic N) is 3. The molecule has 7 heteroatoms. The Labute approximate surface area is 103 Å². The lowest BCUT2D eigenvalue weighted by Crippen LogP contribution is -2.33. The maximum atomic E-state index is 11.7. The number of aliphatic hydroxyl groups excluding tert-OH is 1. The average molecular weight is 250 g/mol. The molecule has 96 valence electrons. The Hall–Kier alpha value is -1.91. The Bertz CT molecular complexity index is 550. The quantitative estimate of drug-likeness (QED) is 0.740. The van der Waals surface area contributed by atoms with Gasteiger partial charge in [0.05, 0.1) is 6.61 Å². The third-order valence-electron chi connectivity index (χ3n) is 3.07. The molecule has 0 aliphatic carbocycles. The lowest BCUT2D eigenvalue weighted by molar-refractivity contribution is -0.0719. The van der Waals surface area contributed by atoms with Gasteiger partial charge in [0.1, 0.15) is 18.1 Å². The number of rotatable bonds is 2. The highest BCUT2D eigenvalue weighted by molar-refractivity contribution is 5.23. The van der Waals surface area contributed by atoms with Crippen LogP contribution in [0.3, 0.4) is 0 Å². The third-order valence-corrected chi connectivity index (χ3v) is 3.07. The van der Waals surface area contributed by atoms with Gasteiger partial charge >= 0.3 is 5.69 Å². The van der Waals surface area contributed by atoms with E-state index in [1.807, 2.05) is 13.0 Å². The molecule has 7 nitrogen and oxygen atoms in total. The standard InChI is InChI=1S/C11H14N4O3/c1-7-4-11(5-12,6-16)18-9(7)15-3-2-8(13)14-10(15)17/h2-3,7,9,16H,4,6H2,1H3,(H2,13,14,17)/t7-,9+,11+/m0/s1. The molecule has 1 fully saturated rings. The number of hydrogen-bond donors (Lipinski definition) is 2. The van der Waals surface area contributed by atoms with E-state index >= 15 is 0 Å². The van der Waals surface area contributed by atoms with E-state index in [-0.39, 0.29) is 11.7 Å². The zero-order valence-electron chi connectivity index (χ0n) is 9.91. The maximum absolute atomic E-state index is 11.7. The Morgan fingerprint density at radius 2 is 2.56 bits per heavy atom. The number of hydrogen-bond acceptors (Lipinski definition) is 6. The minimum absolute atomic E-state index is 0.0834. The van der Waals surface area contributed by atoms with Crippen LogP contribution in [0.2, 0.25) is 0 Å². The second kappa shape index (κ2) is 4.40. The number of aromatic nitrogens is 2. The number of nitriles is 1. The molecule has 0 amide bonds. The molecule has 3 N–H and O–H groups in total. The second-order valence-corrected chi connectivity index (χ2v) is 4.50. The van der Waals surface area contributed by atoms with Crippen LogP contribution in [0.1, 0.15) is 19.6 Å². The Morgan fingerprint density at radius 3 is 3.06 bits per heavy atom. The van der Waals surface area contributed by atoms with Gasteiger partial charge in [0.25, 0.3) is 0 Å². The molecule has 1 aromatic rings. The zero-order chi connectivity index (χ0) is 13.3. The number of aliphatic hydroxyl groups is 1. The van der Waals surface area contributed by atoms with Gasteiger partial charge in [0, 0.05) is 12.1 Å². The van der Waals surface area contributed by atoms with Crippen LogP contribution < -0.4 is 11.4 Å². The summed E-state index contributed by atoms with van der Waals surface area (Å²) >= 11 is 0. The highest BCUT2D eigenvalue weighted by atomic mass is 16.5. The number of ether oxygens (including phenoxy) is 1. The molecule has 18 heavy (non-hydrogen) atoms. The van der Waals surface area contributed by atoms with Crippen LogP contribution in [0.5, 0.6) is 0 Å². The van der Waals surface area contributed by atoms with Gasteiger partial charge in [-0.2, -0.15) is 10.2 Å². The molecule has 1 aliphatic heterocycles. The average Bonchev–Trinajstić information content (AvgIpc) is 2.67. The van der Waals surface area contributed by atoms with Crippen molar-refractivity contribution in [1.82, 2.24) is 9.55 Å². The van der Waals surface area contributed by atoms with E-state index in [2.05, 4.69) is 4.98 Å². The number of nitrogen functional groups attached to an aromatic ring is 1. The van der Waals surface area contributed by atoms with Gasteiger partial charge in [-0.1, -0.05) is 6.92 Å². The van der Waals surface area contributed by atoms with Gasteiger partial charge in [-0.3, -0.25) is 4.57 Å². The van der Waals surface area contributed by atoms with Crippen LogP contribution >= 0.6 is 0 Å². The lowest BCUT2D eigenvalue weighted by Gasteiger charge is -2.20. The Kier molecular flexibility index (Phi) is 3.07. The van der Waals surface area contributed by atoms with E-state index < -0.39 is 24.1 Å². The molecular weight excluding hydrogens is 236 g/mol. The van der Waals surface area contributed by atoms with Gasteiger partial charge < -0.3 is 15.6 Å². The summed E-state index contributed by atoms with van der Waals surface area (Å²) in [7, 11) is 0. The molecule has 0 radical (unpaired) electrons. The van der Waals surface area contributed by atoms with Gasteiger partial charge in [0.2, 0.25) is 0 Å². The summed E-state index contributed by atoms with van der Waals surface area (Å²) in [6, 6.07) is 3.44. The first kappa shape index (κ1) is 12.5. The molecule has 1 saturated heterocycles. The topological polar surface area (TPSA) is 114 Å². The second-order valence-electron chi connectivity index (χ2n) is 4.50. The number of nitrogens with two attached hydrogens (primary N) is 1. The predicted octanol–water partition coefficient (Wildman–Crippen LogP) is -0.365. The zero-order valence-corrected chi connectivity index (χ0v) is 9.91. The third kappa shape index (κ3) is 1.96. The van der Waals surface area contributed by atoms with E-state index in [0.717, 1.165) is 0 Å². The first-order chi connectivity index (χ1) is 8.51. The highest BCUT2D eigenvalue weighted by Gasteiger charge is 2.45. The molecule has 0 unspecified atom stereocenters. The largest absolute Gasteiger partial charge is 0.392 e. The van der Waals surface area contributed by atoms with Crippen molar-refractivity contribution in [3.8, 4) is 6.07 Å². The fourth-order valence-corrected chi connectivity index (χ4v) is 2.18. The minimum Gasteiger partial charge on any atom is -0.392 e. The lowest BCUT2D eigenvalue weighted by atomic mass is 9.96. The van der Waals surface area contributed by atoms with Gasteiger partial charge in [-0.15, -0.1) is 0 Å². The number of anilines is 1. The molecule has 0 bridgehead atoms. The van der Waals surface area contributed by atoms with Crippen molar-refractivity contribution in [2.75, 3.05) is 12.3 Å². The van der Waals surface area contributed by atoms with Crippen molar-refractivity contribution < 1.29 is 9.84 Å². The van der Waals surface area contributed by atoms with Crippen molar-refractivity contribution in [1.29, 1.82) is 5.26 Å². The first-order valence-electron chi connectivity index (χ1n) is 5.56. The van der Waals surface area contributed by atoms with E-state index in [9.17, 15) is 9.90 Å². The van der Waals surface area contributed by atoms with Crippen LogP contribution in [0.15, 0.2) is 17.1 Å². The Balaban J connectivity index is 2.36. The summed E-state index contributed by atoms with van der Waals surface area (Å²) in [5.41, 5.74) is 3.63. The SMILES string of the molecule is C[C@H]1C[C@@](C#N)(CO)O[C@H]1n1ccc(N)nc1=O. The van der Waals surface area contributed by atoms with E-state index in [0.29, 0.717) is 6.42 Å². The molecule has 2 heterocycles. The fourth-order valence-electron chi connectivity index (χ4n) is 2.18. The van der Waals surface area contributed by atoms with Crippen molar-refractivity contribution >= 4 is 5.82 Å². The molecular formula is C11H14N4O3. The molecule has 0 aromatic carbocycles. The van der Waals surface area contributed by atoms with E-state index in [1.54, 1.807) is 0 Å². The summed E-state index contributed by atoms with van der Waals surface area (Å²) in [5, 5.41) is 18.3. The summed E-state index contributed by atoms with van der Waals surface area (Å²) in [6.07, 6.45) is 1.23. The van der Waals surface area contributed by atoms with E-state index in [4.69, 9.17) is 15.7 Å². The molecule has 1 aromatic heterocycles. The van der Waals surface area contributed by atoms with Crippen molar-refractivity contribution in [2.45, 2.75) is 25.2 Å². The maximum Gasteiger partial charge on any atom is 0.351 e. The fraction of sp³-hybridized carbons (Fsp3) is 0.545. The van der Waals surface area contributed by atoms with Crippen LogP contribution in [0, 0.1) is 17.2 Å². The van der Waals surface area contributed by atoms with Gasteiger partial charge in [-0.05, 0) is 12.5 Å². The molecule has 1 aliphatic rings. The molecule has 0 saturated carbocycles. The van der Waals surface area contributed by atoms with Crippen LogP contribution in [0.25, 0.3) is 0 Å². The normalized spacial score (nSPS) is 31.2. The highest BCUT2D eigenvalue weighted by Crippen LogP contribution is 2.39. The van der Waals surface area contributed by atoms with Gasteiger partial charge in [-0.25, -0.2) is 4.79 Å². The summed E-state index contributed by atoms with van der Waals surface area (Å²) in [4.78, 5) is 15.3. The van der Waals surface area contributed by atoms with Gasteiger partial charge in [0.15, 0.2) is 5.60 Å². The first-order valence-corrected chi connectivity index (χ1v) is 5.56. The Morgan fingerprint density at radius 1 is 1.83 bits per heavy atom. The summed E-state index contributed by atoms with van der Waals surface area (Å²) in [5.74, 6) is 0.0514. The minimum atomic E-state index is -1.25. The molecule has 0 spiro atoms. The van der Waals surface area contributed by atoms with Crippen LogP contribution in [0.4, 0.5) is 5.82 Å². The van der Waals surface area contributed by atoms with Crippen molar-refractivity contribution in [2.24, 2.45) is 5.92 Å². The smallest absolute Gasteiger partial charge is 0.351 e. The van der Waals surface area contributed by atoms with Crippen molar-refractivity contribution in [3.63, 3.8) is 0 Å². The molecule has 3 atom stereocenters.